The van der Waals surface area contributed by atoms with Crippen molar-refractivity contribution in [1.82, 2.24) is 0 Å². The Morgan fingerprint density at radius 2 is 0.979 bits per heavy atom. The number of alkyl halides is 3. The molecule has 2 rings (SSSR count). The Morgan fingerprint density at radius 1 is 0.688 bits per heavy atom. The van der Waals surface area contributed by atoms with Crippen molar-refractivity contribution in [1.29, 1.82) is 0 Å². The molecule has 0 saturated carbocycles. The van der Waals surface area contributed by atoms with E-state index in [-0.39, 0.29) is 27.4 Å². The van der Waals surface area contributed by atoms with Gasteiger partial charge in [0.15, 0.2) is 6.11 Å². The van der Waals surface area contributed by atoms with E-state index in [4.69, 9.17) is 22.1 Å². The SMILES string of the molecule is CCOC#CO[Si](c1ccccc1)(c1ccccc1)C(C)(C)C.CP(C)CCP(C)C.CP(C)CCP(C)C.O=S(=O)(O)C(F)(F)F.[Ta]. The van der Waals surface area contributed by atoms with Gasteiger partial charge in [-0.05, 0) is 95.3 Å². The summed E-state index contributed by atoms with van der Waals surface area (Å²) in [5, 5.41) is 2.35. The van der Waals surface area contributed by atoms with Gasteiger partial charge in [0.1, 0.15) is 6.11 Å². The van der Waals surface area contributed by atoms with Gasteiger partial charge in [-0.1, -0.05) is 81.4 Å². The van der Waals surface area contributed by atoms with E-state index in [0.29, 0.717) is 38.3 Å². The molecule has 2 aromatic rings. The predicted octanol–water partition coefficient (Wildman–Crippen LogP) is 8.85. The maximum atomic E-state index is 10.7. The van der Waals surface area contributed by atoms with Gasteiger partial charge in [-0.2, -0.15) is 21.6 Å². The average Bonchev–Trinajstić information content (AvgIpc) is 2.95. The average molecular weight is 956 g/mol. The van der Waals surface area contributed by atoms with Crippen LogP contribution in [-0.4, -0.2) is 111 Å². The number of halogens is 3. The summed E-state index contributed by atoms with van der Waals surface area (Å²) in [5.74, 6) is 0. The Bertz CT molecular complexity index is 1180. The molecule has 0 aliphatic carbocycles. The Morgan fingerprint density at radius 3 is 1.19 bits per heavy atom. The summed E-state index contributed by atoms with van der Waals surface area (Å²) in [5.41, 5.74) is -5.53. The van der Waals surface area contributed by atoms with Gasteiger partial charge >= 0.3 is 23.9 Å². The standard InChI is InChI=1S/C20H24O2Si.2C6H16P2.CHF3O3S.Ta/c1-5-21-16-17-22-23(20(2,3)4,18-12-8-6-9-13-18)19-14-10-7-11-15-19;2*1-7(2)5-6-8(3)4;2-1(3,4)8(5,6)7;/h6-15H,5H2,1-4H3;2*5-6H2,1-4H3;(H,5,6,7);. The topological polar surface area (TPSA) is 72.8 Å². The largest absolute Gasteiger partial charge is 0.522 e. The van der Waals surface area contributed by atoms with Gasteiger partial charge in [0.2, 0.25) is 0 Å². The maximum absolute atomic E-state index is 10.7. The van der Waals surface area contributed by atoms with Crippen molar-refractivity contribution in [3.05, 3.63) is 60.7 Å². The molecule has 1 radical (unpaired) electrons. The number of hydrogen-bond donors (Lipinski definition) is 1. The maximum Gasteiger partial charge on any atom is 0.522 e. The molecule has 0 atom stereocenters. The number of rotatable bonds is 10. The van der Waals surface area contributed by atoms with Crippen LogP contribution in [0.25, 0.3) is 0 Å². The zero-order valence-electron chi connectivity index (χ0n) is 30.7. The van der Waals surface area contributed by atoms with Crippen LogP contribution in [0.1, 0.15) is 27.7 Å². The van der Waals surface area contributed by atoms with Gasteiger partial charge in [0, 0.05) is 27.4 Å². The van der Waals surface area contributed by atoms with Crippen molar-refractivity contribution >= 4 is 60.5 Å². The first-order valence-electron chi connectivity index (χ1n) is 15.1. The van der Waals surface area contributed by atoms with Crippen LogP contribution in [0.15, 0.2) is 60.7 Å². The van der Waals surface area contributed by atoms with Gasteiger partial charge in [-0.25, -0.2) is 0 Å². The van der Waals surface area contributed by atoms with Crippen molar-refractivity contribution in [3.8, 4) is 12.2 Å². The van der Waals surface area contributed by atoms with Gasteiger partial charge in [-0.3, -0.25) is 4.55 Å². The van der Waals surface area contributed by atoms with Crippen LogP contribution in [0.4, 0.5) is 13.2 Å². The number of ether oxygens (including phenoxy) is 1. The molecular formula is C33H57F3O5P4SSiTa. The number of hydrogen-bond acceptors (Lipinski definition) is 4. The monoisotopic (exact) mass is 955 g/mol. The van der Waals surface area contributed by atoms with E-state index in [9.17, 15) is 13.2 Å². The summed E-state index contributed by atoms with van der Waals surface area (Å²) < 4.78 is 69.0. The zero-order chi connectivity index (χ0) is 36.9. The Labute approximate surface area is 312 Å². The first-order chi connectivity index (χ1) is 21.5. The molecule has 5 nitrogen and oxygen atoms in total. The minimum absolute atomic E-state index is 0. The third kappa shape index (κ3) is 23.5. The van der Waals surface area contributed by atoms with Crippen LogP contribution in [0.5, 0.6) is 0 Å². The summed E-state index contributed by atoms with van der Waals surface area (Å²) in [4.78, 5) is 0. The molecule has 0 aliphatic heterocycles. The smallest absolute Gasteiger partial charge is 0.487 e. The third-order valence-electron chi connectivity index (χ3n) is 6.16. The molecule has 0 aliphatic rings. The molecule has 0 saturated heterocycles. The van der Waals surface area contributed by atoms with E-state index in [1.54, 1.807) is 0 Å². The molecule has 1 N–H and O–H groups in total. The molecule has 275 valence electrons. The molecule has 0 unspecified atom stereocenters. The first kappa shape index (κ1) is 52.3. The zero-order valence-corrected chi connectivity index (χ0v) is 39.3. The molecule has 2 aromatic carbocycles. The van der Waals surface area contributed by atoms with Gasteiger partial charge < -0.3 is 9.16 Å². The van der Waals surface area contributed by atoms with E-state index in [1.165, 1.54) is 35.0 Å². The Balaban J connectivity index is -0.000000668. The van der Waals surface area contributed by atoms with Crippen LogP contribution in [0.2, 0.25) is 5.04 Å². The molecular weight excluding hydrogens is 898 g/mol. The second-order valence-electron chi connectivity index (χ2n) is 12.5. The summed E-state index contributed by atoms with van der Waals surface area (Å²) in [6, 6.07) is 20.9. The van der Waals surface area contributed by atoms with Crippen molar-refractivity contribution < 1.29 is 57.7 Å². The molecule has 15 heteroatoms. The van der Waals surface area contributed by atoms with E-state index in [0.717, 1.165) is 0 Å². The molecule has 0 amide bonds. The van der Waals surface area contributed by atoms with Gasteiger partial charge in [0.05, 0.1) is 6.61 Å². The number of benzene rings is 2. The van der Waals surface area contributed by atoms with Crippen LogP contribution < -0.4 is 10.4 Å². The van der Waals surface area contributed by atoms with Crippen molar-refractivity contribution in [2.24, 2.45) is 0 Å². The first-order valence-corrected chi connectivity index (χ1v) is 28.1. The Hall–Kier alpha value is -0.0229. The van der Waals surface area contributed by atoms with Crippen molar-refractivity contribution in [2.75, 3.05) is 84.6 Å². The van der Waals surface area contributed by atoms with Crippen LogP contribution >= 0.6 is 31.7 Å². The molecule has 0 bridgehead atoms. The minimum atomic E-state index is -5.84. The van der Waals surface area contributed by atoms with Crippen LogP contribution in [0.3, 0.4) is 0 Å². The van der Waals surface area contributed by atoms with E-state index in [2.05, 4.69) is 135 Å². The quantitative estimate of drug-likeness (QED) is 0.0848. The Kier molecular flexibility index (Phi) is 29.1. The molecule has 0 spiro atoms. The van der Waals surface area contributed by atoms with Crippen LogP contribution in [-0.2, 0) is 41.7 Å². The molecule has 0 fully saturated rings. The van der Waals surface area contributed by atoms with E-state index in [1.807, 2.05) is 19.1 Å². The second-order valence-corrected chi connectivity index (χ2v) is 28.6. The third-order valence-corrected chi connectivity index (χ3v) is 16.7. The summed E-state index contributed by atoms with van der Waals surface area (Å²) in [7, 11) is -6.86. The fraction of sp³-hybridized carbons (Fsp3) is 0.576. The molecule has 0 aromatic heterocycles. The summed E-state index contributed by atoms with van der Waals surface area (Å²) in [6.07, 6.45) is 11.4. The predicted molar refractivity (Wildman–Crippen MR) is 210 cm³/mol. The molecule has 48 heavy (non-hydrogen) atoms. The molecule has 0 heterocycles. The van der Waals surface area contributed by atoms with Crippen LogP contribution in [0, 0.1) is 12.2 Å². The fourth-order valence-corrected chi connectivity index (χ4v) is 14.2. The van der Waals surface area contributed by atoms with Gasteiger partial charge in [-0.15, -0.1) is 31.7 Å². The van der Waals surface area contributed by atoms with Crippen molar-refractivity contribution in [2.45, 2.75) is 38.2 Å². The summed E-state index contributed by atoms with van der Waals surface area (Å²) in [6.45, 7) is 28.0. The second kappa shape index (κ2) is 26.7. The van der Waals surface area contributed by atoms with Crippen molar-refractivity contribution in [3.63, 3.8) is 0 Å². The van der Waals surface area contributed by atoms with E-state index < -0.39 is 23.9 Å². The van der Waals surface area contributed by atoms with E-state index >= 15 is 0 Å². The minimum Gasteiger partial charge on any atom is -0.487 e. The fourth-order valence-electron chi connectivity index (χ4n) is 3.65. The van der Waals surface area contributed by atoms with Gasteiger partial charge in [0.25, 0.3) is 0 Å². The normalized spacial score (nSPS) is 11.5. The summed E-state index contributed by atoms with van der Waals surface area (Å²) >= 11 is 0.